The van der Waals surface area contributed by atoms with E-state index in [1.807, 2.05) is 5.32 Å². The second kappa shape index (κ2) is 5.51. The third kappa shape index (κ3) is 2.75. The van der Waals surface area contributed by atoms with E-state index >= 15 is 0 Å². The lowest BCUT2D eigenvalue weighted by Crippen LogP contribution is -2.03. The van der Waals surface area contributed by atoms with Gasteiger partial charge in [0.05, 0.1) is 11.6 Å². The van der Waals surface area contributed by atoms with E-state index in [2.05, 4.69) is 15.9 Å². The average Bonchev–Trinajstić information content (AvgIpc) is 2.35. The molecular weight excluding hydrogens is 340 g/mol. The molecule has 0 radical (unpaired) electrons. The maximum atomic E-state index is 13.6. The van der Waals surface area contributed by atoms with Crippen LogP contribution in [-0.4, -0.2) is 0 Å². The van der Waals surface area contributed by atoms with Crippen LogP contribution in [0.4, 0.5) is 28.9 Å². The molecule has 0 atom stereocenters. The van der Waals surface area contributed by atoms with Crippen molar-refractivity contribution in [2.24, 2.45) is 0 Å². The molecule has 2 aromatic carbocycles. The highest BCUT2D eigenvalue weighted by atomic mass is 79.9. The number of benzene rings is 2. The van der Waals surface area contributed by atoms with Crippen molar-refractivity contribution in [2.75, 3.05) is 5.32 Å². The van der Waals surface area contributed by atoms with Crippen LogP contribution >= 0.6 is 15.9 Å². The van der Waals surface area contributed by atoms with Crippen molar-refractivity contribution in [3.8, 4) is 6.07 Å². The van der Waals surface area contributed by atoms with Gasteiger partial charge in [-0.15, -0.1) is 0 Å². The Kier molecular flexibility index (Phi) is 3.95. The van der Waals surface area contributed by atoms with Gasteiger partial charge in [-0.1, -0.05) is 15.9 Å². The fraction of sp³-hybridized carbons (Fsp3) is 0. The quantitative estimate of drug-likeness (QED) is 0.807. The number of nitrogens with one attached hydrogen (secondary N) is 1. The highest BCUT2D eigenvalue weighted by Crippen LogP contribution is 2.30. The number of hydrogen-bond donors (Lipinski definition) is 1. The average molecular weight is 345 g/mol. The molecule has 0 aromatic heterocycles. The molecule has 0 spiro atoms. The van der Waals surface area contributed by atoms with Crippen LogP contribution < -0.4 is 5.32 Å². The summed E-state index contributed by atoms with van der Waals surface area (Å²) in [5, 5.41) is 10.6. The minimum absolute atomic E-state index is 0.152. The van der Waals surface area contributed by atoms with Crippen molar-refractivity contribution >= 4 is 27.3 Å². The number of rotatable bonds is 2. The van der Waals surface area contributed by atoms with Crippen molar-refractivity contribution in [1.82, 2.24) is 0 Å². The lowest BCUT2D eigenvalue weighted by molar-refractivity contribution is 0.579. The molecule has 0 saturated heterocycles. The van der Waals surface area contributed by atoms with E-state index in [0.29, 0.717) is 0 Å². The number of hydrogen-bond acceptors (Lipinski definition) is 2. The Bertz CT molecular complexity index is 679. The summed E-state index contributed by atoms with van der Waals surface area (Å²) in [6.07, 6.45) is 0. The van der Waals surface area contributed by atoms with Crippen molar-refractivity contribution < 1.29 is 17.6 Å². The third-order valence-corrected chi connectivity index (χ3v) is 2.89. The summed E-state index contributed by atoms with van der Waals surface area (Å²) in [5.74, 6) is -4.27. The summed E-state index contributed by atoms with van der Waals surface area (Å²) < 4.78 is 54.5. The van der Waals surface area contributed by atoms with Crippen LogP contribution in [0.5, 0.6) is 0 Å². The van der Waals surface area contributed by atoms with Gasteiger partial charge in [-0.05, 0) is 24.3 Å². The second-order valence-corrected chi connectivity index (χ2v) is 4.71. The Balaban J connectivity index is 2.49. The zero-order valence-electron chi connectivity index (χ0n) is 9.65. The highest BCUT2D eigenvalue weighted by molar-refractivity contribution is 9.10. The SMILES string of the molecule is N#Cc1cc(F)c(Nc2c(F)cc(Br)cc2F)c(F)c1. The maximum absolute atomic E-state index is 13.6. The minimum atomic E-state index is -1.12. The van der Waals surface area contributed by atoms with Crippen LogP contribution in [0.25, 0.3) is 0 Å². The van der Waals surface area contributed by atoms with Gasteiger partial charge >= 0.3 is 0 Å². The first kappa shape index (κ1) is 14.3. The zero-order valence-corrected chi connectivity index (χ0v) is 11.2. The molecular formula is C13H5BrF4N2. The van der Waals surface area contributed by atoms with Crippen molar-refractivity contribution in [2.45, 2.75) is 0 Å². The van der Waals surface area contributed by atoms with Gasteiger partial charge in [-0.2, -0.15) is 5.26 Å². The number of nitriles is 1. The molecule has 0 heterocycles. The monoisotopic (exact) mass is 344 g/mol. The molecule has 0 aliphatic rings. The maximum Gasteiger partial charge on any atom is 0.150 e. The van der Waals surface area contributed by atoms with E-state index in [1.165, 1.54) is 0 Å². The molecule has 2 nitrogen and oxygen atoms in total. The molecule has 0 bridgehead atoms. The Morgan fingerprint density at radius 1 is 0.850 bits per heavy atom. The lowest BCUT2D eigenvalue weighted by atomic mass is 10.2. The molecule has 7 heteroatoms. The summed E-state index contributed by atoms with van der Waals surface area (Å²) in [6, 6.07) is 4.99. The summed E-state index contributed by atoms with van der Waals surface area (Å²) >= 11 is 2.89. The van der Waals surface area contributed by atoms with Crippen LogP contribution in [0.3, 0.4) is 0 Å². The van der Waals surface area contributed by atoms with Crippen LogP contribution in [0, 0.1) is 34.6 Å². The topological polar surface area (TPSA) is 35.8 Å². The first-order chi connectivity index (χ1) is 9.42. The standard InChI is InChI=1S/C13H5BrF4N2/c14-7-3-10(17)13(11(18)4-7)20-12-8(15)1-6(5-19)2-9(12)16/h1-4,20H. The number of anilines is 2. The summed E-state index contributed by atoms with van der Waals surface area (Å²) in [4.78, 5) is 0. The molecule has 0 fully saturated rings. The van der Waals surface area contributed by atoms with Crippen LogP contribution in [0.15, 0.2) is 28.7 Å². The van der Waals surface area contributed by atoms with Gasteiger partial charge in [0.25, 0.3) is 0 Å². The van der Waals surface area contributed by atoms with Gasteiger partial charge < -0.3 is 5.32 Å². The van der Waals surface area contributed by atoms with Gasteiger partial charge in [-0.25, -0.2) is 17.6 Å². The molecule has 0 aliphatic heterocycles. The van der Waals surface area contributed by atoms with E-state index < -0.39 is 34.6 Å². The smallest absolute Gasteiger partial charge is 0.150 e. The van der Waals surface area contributed by atoms with E-state index in [9.17, 15) is 17.6 Å². The fourth-order valence-corrected chi connectivity index (χ4v) is 1.95. The Morgan fingerprint density at radius 2 is 1.25 bits per heavy atom. The minimum Gasteiger partial charge on any atom is -0.346 e. The molecule has 0 aliphatic carbocycles. The van der Waals surface area contributed by atoms with Crippen LogP contribution in [0.2, 0.25) is 0 Å². The molecule has 0 unspecified atom stereocenters. The number of halogens is 5. The van der Waals surface area contributed by atoms with E-state index in [4.69, 9.17) is 5.26 Å². The first-order valence-corrected chi connectivity index (χ1v) is 6.02. The van der Waals surface area contributed by atoms with E-state index in [-0.39, 0.29) is 10.0 Å². The summed E-state index contributed by atoms with van der Waals surface area (Å²) in [6.45, 7) is 0. The molecule has 2 rings (SSSR count). The lowest BCUT2D eigenvalue weighted by Gasteiger charge is -2.11. The largest absolute Gasteiger partial charge is 0.346 e. The number of nitrogens with zero attached hydrogens (tertiary/aromatic N) is 1. The van der Waals surface area contributed by atoms with Gasteiger partial charge in [0, 0.05) is 4.47 Å². The van der Waals surface area contributed by atoms with Gasteiger partial charge in [0.15, 0.2) is 23.3 Å². The molecule has 102 valence electrons. The normalized spacial score (nSPS) is 10.2. The predicted octanol–water partition coefficient (Wildman–Crippen LogP) is 4.62. The predicted molar refractivity (Wildman–Crippen MR) is 68.4 cm³/mol. The Morgan fingerprint density at radius 3 is 1.65 bits per heavy atom. The molecule has 0 amide bonds. The fourth-order valence-electron chi connectivity index (χ4n) is 1.54. The van der Waals surface area contributed by atoms with Crippen LogP contribution in [-0.2, 0) is 0 Å². The summed E-state index contributed by atoms with van der Waals surface area (Å²) in [5.41, 5.74) is -1.65. The molecule has 2 aromatic rings. The van der Waals surface area contributed by atoms with Crippen molar-refractivity contribution in [3.05, 3.63) is 57.6 Å². The third-order valence-electron chi connectivity index (χ3n) is 2.43. The Hall–Kier alpha value is -2.07. The van der Waals surface area contributed by atoms with Gasteiger partial charge in [0.2, 0.25) is 0 Å². The summed E-state index contributed by atoms with van der Waals surface area (Å²) in [7, 11) is 0. The van der Waals surface area contributed by atoms with Crippen molar-refractivity contribution in [1.29, 1.82) is 5.26 Å². The molecule has 0 saturated carbocycles. The van der Waals surface area contributed by atoms with Crippen LogP contribution in [0.1, 0.15) is 5.56 Å². The zero-order chi connectivity index (χ0) is 14.9. The van der Waals surface area contributed by atoms with Gasteiger partial charge in [-0.3, -0.25) is 0 Å². The highest BCUT2D eigenvalue weighted by Gasteiger charge is 2.16. The van der Waals surface area contributed by atoms with Crippen molar-refractivity contribution in [3.63, 3.8) is 0 Å². The van der Waals surface area contributed by atoms with E-state index in [0.717, 1.165) is 24.3 Å². The van der Waals surface area contributed by atoms with E-state index in [1.54, 1.807) is 6.07 Å². The first-order valence-electron chi connectivity index (χ1n) is 5.23. The molecule has 1 N–H and O–H groups in total. The Labute approximate surface area is 119 Å². The van der Waals surface area contributed by atoms with Gasteiger partial charge in [0.1, 0.15) is 11.4 Å². The molecule has 20 heavy (non-hydrogen) atoms. The second-order valence-electron chi connectivity index (χ2n) is 3.80.